The highest BCUT2D eigenvalue weighted by atomic mass is 79.9. The number of carboxylic acids is 1. The Kier molecular flexibility index (Phi) is 5.07. The highest BCUT2D eigenvalue weighted by molar-refractivity contribution is 9.10. The summed E-state index contributed by atoms with van der Waals surface area (Å²) in [5.41, 5.74) is 0.459. The van der Waals surface area contributed by atoms with Gasteiger partial charge in [0.25, 0.3) is 0 Å². The van der Waals surface area contributed by atoms with Crippen LogP contribution in [-0.2, 0) is 9.53 Å². The Morgan fingerprint density at radius 3 is 2.76 bits per heavy atom. The zero-order valence-electron chi connectivity index (χ0n) is 11.1. The summed E-state index contributed by atoms with van der Waals surface area (Å²) in [5, 5.41) is 19.7. The van der Waals surface area contributed by atoms with Crippen LogP contribution < -0.4 is 4.90 Å². The van der Waals surface area contributed by atoms with E-state index in [1.54, 1.807) is 0 Å². The standard InChI is InChI=1S/C12H14BrN3O5/c13-9-5-14-6-10(16(19)20)12(9)15-3-1-8(2-4-15)21-7-11(17)18/h5-6,8H,1-4,7H2,(H,17,18). The van der Waals surface area contributed by atoms with E-state index in [2.05, 4.69) is 20.9 Å². The summed E-state index contributed by atoms with van der Waals surface area (Å²) in [4.78, 5) is 26.8. The van der Waals surface area contributed by atoms with Gasteiger partial charge in [0.1, 0.15) is 18.5 Å². The number of halogens is 1. The molecule has 1 fully saturated rings. The molecular weight excluding hydrogens is 346 g/mol. The molecule has 0 spiro atoms. The van der Waals surface area contributed by atoms with Crippen molar-refractivity contribution in [2.45, 2.75) is 18.9 Å². The number of carboxylic acid groups (broad SMARTS) is 1. The number of nitro groups is 1. The van der Waals surface area contributed by atoms with Gasteiger partial charge < -0.3 is 14.7 Å². The van der Waals surface area contributed by atoms with Crippen molar-refractivity contribution in [3.05, 3.63) is 27.0 Å². The van der Waals surface area contributed by atoms with Crippen molar-refractivity contribution in [3.63, 3.8) is 0 Å². The molecule has 1 N–H and O–H groups in total. The average molecular weight is 360 g/mol. The molecule has 1 aliphatic rings. The Bertz CT molecular complexity index is 546. The van der Waals surface area contributed by atoms with E-state index in [1.807, 2.05) is 4.90 Å². The lowest BCUT2D eigenvalue weighted by Crippen LogP contribution is -2.38. The molecule has 0 amide bonds. The molecule has 2 rings (SSSR count). The van der Waals surface area contributed by atoms with Crippen LogP contribution in [0.25, 0.3) is 0 Å². The number of carbonyl (C=O) groups is 1. The second-order valence-corrected chi connectivity index (χ2v) is 5.49. The van der Waals surface area contributed by atoms with Crippen molar-refractivity contribution in [2.75, 3.05) is 24.6 Å². The minimum atomic E-state index is -0.995. The maximum Gasteiger partial charge on any atom is 0.329 e. The predicted octanol–water partition coefficient (Wildman–Crippen LogP) is 1.82. The fraction of sp³-hybridized carbons (Fsp3) is 0.500. The SMILES string of the molecule is O=C(O)COC1CCN(c2c(Br)cncc2[N+](=O)[O-])CC1. The van der Waals surface area contributed by atoms with E-state index in [0.717, 1.165) is 0 Å². The Morgan fingerprint density at radius 1 is 1.52 bits per heavy atom. The van der Waals surface area contributed by atoms with Crippen LogP contribution in [-0.4, -0.2) is 46.8 Å². The van der Waals surface area contributed by atoms with E-state index < -0.39 is 10.9 Å². The van der Waals surface area contributed by atoms with Gasteiger partial charge in [-0.3, -0.25) is 15.1 Å². The van der Waals surface area contributed by atoms with Gasteiger partial charge in [0.15, 0.2) is 0 Å². The first kappa shape index (κ1) is 15.6. The number of hydrogen-bond donors (Lipinski definition) is 1. The normalized spacial score (nSPS) is 16.0. The summed E-state index contributed by atoms with van der Waals surface area (Å²) in [6.45, 7) is 0.811. The number of aliphatic carboxylic acids is 1. The Labute approximate surface area is 129 Å². The summed E-state index contributed by atoms with van der Waals surface area (Å²) < 4.78 is 5.82. The third-order valence-corrected chi connectivity index (χ3v) is 3.83. The van der Waals surface area contributed by atoms with E-state index in [-0.39, 0.29) is 18.4 Å². The molecule has 8 nitrogen and oxygen atoms in total. The zero-order chi connectivity index (χ0) is 15.4. The number of piperidine rings is 1. The summed E-state index contributed by atoms with van der Waals surface area (Å²) in [7, 11) is 0. The molecule has 0 saturated carbocycles. The molecule has 1 aromatic heterocycles. The third-order valence-electron chi connectivity index (χ3n) is 3.25. The number of aromatic nitrogens is 1. The number of rotatable bonds is 5. The van der Waals surface area contributed by atoms with Gasteiger partial charge in [-0.1, -0.05) is 0 Å². The lowest BCUT2D eigenvalue weighted by molar-refractivity contribution is -0.384. The second-order valence-electron chi connectivity index (χ2n) is 4.64. The molecule has 9 heteroatoms. The first-order valence-electron chi connectivity index (χ1n) is 6.35. The molecular formula is C12H14BrN3O5. The molecule has 0 bridgehead atoms. The second kappa shape index (κ2) is 6.81. The van der Waals surface area contributed by atoms with E-state index in [9.17, 15) is 14.9 Å². The van der Waals surface area contributed by atoms with Gasteiger partial charge in [0, 0.05) is 19.3 Å². The molecule has 1 aromatic rings. The minimum Gasteiger partial charge on any atom is -0.480 e. The van der Waals surface area contributed by atoms with Gasteiger partial charge in [-0.2, -0.15) is 0 Å². The van der Waals surface area contributed by atoms with Crippen LogP contribution in [0.4, 0.5) is 11.4 Å². The maximum absolute atomic E-state index is 11.1. The molecule has 21 heavy (non-hydrogen) atoms. The van der Waals surface area contributed by atoms with Gasteiger partial charge in [-0.25, -0.2) is 4.79 Å². The van der Waals surface area contributed by atoms with Crippen LogP contribution in [0.3, 0.4) is 0 Å². The molecule has 0 aliphatic carbocycles. The smallest absolute Gasteiger partial charge is 0.329 e. The van der Waals surface area contributed by atoms with Crippen LogP contribution >= 0.6 is 15.9 Å². The third kappa shape index (κ3) is 3.88. The number of ether oxygens (including phenoxy) is 1. The van der Waals surface area contributed by atoms with Crippen LogP contribution in [0, 0.1) is 10.1 Å². The summed E-state index contributed by atoms with van der Waals surface area (Å²) in [5.74, 6) is -0.995. The van der Waals surface area contributed by atoms with E-state index >= 15 is 0 Å². The van der Waals surface area contributed by atoms with Crippen molar-refractivity contribution < 1.29 is 19.6 Å². The molecule has 0 radical (unpaired) electrons. The quantitative estimate of drug-likeness (QED) is 0.631. The van der Waals surface area contributed by atoms with Gasteiger partial charge >= 0.3 is 11.7 Å². The van der Waals surface area contributed by atoms with E-state index in [1.165, 1.54) is 12.4 Å². The largest absolute Gasteiger partial charge is 0.480 e. The van der Waals surface area contributed by atoms with Gasteiger partial charge in [0.05, 0.1) is 15.5 Å². The molecule has 0 unspecified atom stereocenters. The van der Waals surface area contributed by atoms with E-state index in [4.69, 9.17) is 9.84 Å². The first-order valence-corrected chi connectivity index (χ1v) is 7.14. The predicted molar refractivity (Wildman–Crippen MR) is 77.4 cm³/mol. The Morgan fingerprint density at radius 2 is 2.19 bits per heavy atom. The first-order chi connectivity index (χ1) is 9.99. The summed E-state index contributed by atoms with van der Waals surface area (Å²) in [6.07, 6.45) is 3.87. The molecule has 1 aliphatic heterocycles. The van der Waals surface area contributed by atoms with Crippen LogP contribution in [0.5, 0.6) is 0 Å². The molecule has 0 aromatic carbocycles. The van der Waals surface area contributed by atoms with Gasteiger partial charge in [0.2, 0.25) is 0 Å². The minimum absolute atomic E-state index is 0.0470. The maximum atomic E-state index is 11.1. The van der Waals surface area contributed by atoms with Crippen molar-refractivity contribution in [1.29, 1.82) is 0 Å². The van der Waals surface area contributed by atoms with Crippen LogP contribution in [0.1, 0.15) is 12.8 Å². The van der Waals surface area contributed by atoms with Crippen molar-refractivity contribution in [2.24, 2.45) is 0 Å². The molecule has 114 valence electrons. The number of anilines is 1. The van der Waals surface area contributed by atoms with Crippen molar-refractivity contribution in [3.8, 4) is 0 Å². The lowest BCUT2D eigenvalue weighted by Gasteiger charge is -2.33. The fourth-order valence-corrected chi connectivity index (χ4v) is 2.87. The highest BCUT2D eigenvalue weighted by Crippen LogP contribution is 2.36. The monoisotopic (exact) mass is 359 g/mol. The Balaban J connectivity index is 2.06. The molecule has 0 atom stereocenters. The number of hydrogen-bond acceptors (Lipinski definition) is 6. The van der Waals surface area contributed by atoms with Crippen LogP contribution in [0.15, 0.2) is 16.9 Å². The lowest BCUT2D eigenvalue weighted by atomic mass is 10.1. The highest BCUT2D eigenvalue weighted by Gasteiger charge is 2.27. The Hall–Kier alpha value is -1.74. The van der Waals surface area contributed by atoms with Crippen LogP contribution in [0.2, 0.25) is 0 Å². The van der Waals surface area contributed by atoms with Crippen molar-refractivity contribution in [1.82, 2.24) is 4.98 Å². The summed E-state index contributed by atoms with van der Waals surface area (Å²) in [6, 6.07) is 0. The number of pyridine rings is 1. The zero-order valence-corrected chi connectivity index (χ0v) is 12.7. The number of nitrogens with zero attached hydrogens (tertiary/aromatic N) is 3. The van der Waals surface area contributed by atoms with E-state index in [0.29, 0.717) is 36.1 Å². The summed E-state index contributed by atoms with van der Waals surface area (Å²) >= 11 is 3.30. The fourth-order valence-electron chi connectivity index (χ4n) is 2.30. The topological polar surface area (TPSA) is 106 Å². The van der Waals surface area contributed by atoms with Gasteiger partial charge in [-0.15, -0.1) is 0 Å². The molecule has 1 saturated heterocycles. The van der Waals surface area contributed by atoms with Gasteiger partial charge in [-0.05, 0) is 28.8 Å². The van der Waals surface area contributed by atoms with Crippen molar-refractivity contribution >= 4 is 33.3 Å². The molecule has 2 heterocycles. The average Bonchev–Trinajstić information content (AvgIpc) is 2.45.